The predicted octanol–water partition coefficient (Wildman–Crippen LogP) is 1.98. The Kier molecular flexibility index (Phi) is 3.16. The molecule has 1 aliphatic heterocycles. The first-order chi connectivity index (χ1) is 10.8. The highest BCUT2D eigenvalue weighted by Crippen LogP contribution is 2.29. The Labute approximate surface area is 128 Å². The average Bonchev–Trinajstić information content (AvgIpc) is 3.20. The van der Waals surface area contributed by atoms with Crippen LogP contribution in [0, 0.1) is 0 Å². The van der Waals surface area contributed by atoms with Crippen molar-refractivity contribution < 1.29 is 0 Å². The van der Waals surface area contributed by atoms with Gasteiger partial charge in [0, 0.05) is 41.5 Å². The minimum atomic E-state index is 0.442. The molecule has 1 aliphatic rings. The van der Waals surface area contributed by atoms with Crippen molar-refractivity contribution in [3.8, 4) is 11.3 Å². The SMILES string of the molecule is Nc1cc(N[C@H]2CCNC2)c2ccc(-c3ccn[nH]3)cc2n1. The van der Waals surface area contributed by atoms with E-state index in [1.807, 2.05) is 18.2 Å². The molecule has 0 radical (unpaired) electrons. The summed E-state index contributed by atoms with van der Waals surface area (Å²) in [7, 11) is 0. The number of nitrogens with zero attached hydrogens (tertiary/aromatic N) is 2. The minimum absolute atomic E-state index is 0.442. The Bertz CT molecular complexity index is 790. The Balaban J connectivity index is 1.77. The number of anilines is 2. The molecule has 1 fully saturated rings. The number of nitrogens with one attached hydrogen (secondary N) is 3. The van der Waals surface area contributed by atoms with Crippen molar-refractivity contribution in [1.82, 2.24) is 20.5 Å². The summed E-state index contributed by atoms with van der Waals surface area (Å²) in [6, 6.07) is 10.5. The molecule has 0 aliphatic carbocycles. The van der Waals surface area contributed by atoms with Crippen LogP contribution in [-0.4, -0.2) is 34.3 Å². The van der Waals surface area contributed by atoms with E-state index in [2.05, 4.69) is 37.9 Å². The number of hydrogen-bond donors (Lipinski definition) is 4. The summed E-state index contributed by atoms with van der Waals surface area (Å²) in [6.45, 7) is 2.04. The van der Waals surface area contributed by atoms with E-state index in [1.165, 1.54) is 0 Å². The summed E-state index contributed by atoms with van der Waals surface area (Å²) in [5.41, 5.74) is 9.94. The molecule has 1 atom stereocenters. The van der Waals surface area contributed by atoms with Crippen molar-refractivity contribution in [2.45, 2.75) is 12.5 Å². The van der Waals surface area contributed by atoms with E-state index in [-0.39, 0.29) is 0 Å². The van der Waals surface area contributed by atoms with Gasteiger partial charge in [-0.15, -0.1) is 0 Å². The largest absolute Gasteiger partial charge is 0.384 e. The molecule has 3 aromatic rings. The quantitative estimate of drug-likeness (QED) is 0.593. The van der Waals surface area contributed by atoms with E-state index < -0.39 is 0 Å². The first kappa shape index (κ1) is 13.1. The fourth-order valence-electron chi connectivity index (χ4n) is 2.95. The van der Waals surface area contributed by atoms with Gasteiger partial charge < -0.3 is 16.4 Å². The van der Waals surface area contributed by atoms with Gasteiger partial charge in [-0.2, -0.15) is 5.10 Å². The maximum Gasteiger partial charge on any atom is 0.126 e. The molecular weight excluding hydrogens is 276 g/mol. The molecule has 22 heavy (non-hydrogen) atoms. The second kappa shape index (κ2) is 5.31. The number of nitrogen functional groups attached to an aromatic ring is 1. The summed E-state index contributed by atoms with van der Waals surface area (Å²) in [4.78, 5) is 4.47. The van der Waals surface area contributed by atoms with Crippen LogP contribution in [0.5, 0.6) is 0 Å². The number of pyridine rings is 1. The van der Waals surface area contributed by atoms with Gasteiger partial charge in [-0.25, -0.2) is 4.98 Å². The monoisotopic (exact) mass is 294 g/mol. The number of hydrogen-bond acceptors (Lipinski definition) is 5. The molecule has 0 saturated carbocycles. The zero-order valence-electron chi connectivity index (χ0n) is 12.1. The van der Waals surface area contributed by atoms with Crippen LogP contribution in [-0.2, 0) is 0 Å². The summed E-state index contributed by atoms with van der Waals surface area (Å²) < 4.78 is 0. The molecule has 4 rings (SSSR count). The summed E-state index contributed by atoms with van der Waals surface area (Å²) in [5, 5.41) is 15.0. The molecule has 112 valence electrons. The molecule has 1 aromatic carbocycles. The highest BCUT2D eigenvalue weighted by molar-refractivity contribution is 5.95. The van der Waals surface area contributed by atoms with Gasteiger partial charge in [-0.05, 0) is 25.1 Å². The van der Waals surface area contributed by atoms with Gasteiger partial charge >= 0.3 is 0 Å². The number of H-pyrrole nitrogens is 1. The number of aromatic nitrogens is 3. The molecule has 1 saturated heterocycles. The van der Waals surface area contributed by atoms with Gasteiger partial charge in [-0.1, -0.05) is 12.1 Å². The second-order valence-corrected chi connectivity index (χ2v) is 5.63. The first-order valence-corrected chi connectivity index (χ1v) is 7.47. The maximum absolute atomic E-state index is 5.98. The highest BCUT2D eigenvalue weighted by atomic mass is 15.1. The molecule has 0 unspecified atom stereocenters. The lowest BCUT2D eigenvalue weighted by atomic mass is 10.1. The average molecular weight is 294 g/mol. The Morgan fingerprint density at radius 2 is 2.18 bits per heavy atom. The van der Waals surface area contributed by atoms with Crippen LogP contribution in [0.2, 0.25) is 0 Å². The summed E-state index contributed by atoms with van der Waals surface area (Å²) in [5.74, 6) is 0.530. The Morgan fingerprint density at radius 3 is 2.95 bits per heavy atom. The number of benzene rings is 1. The van der Waals surface area contributed by atoms with E-state index >= 15 is 0 Å². The smallest absolute Gasteiger partial charge is 0.126 e. The molecule has 6 heteroatoms. The van der Waals surface area contributed by atoms with E-state index in [1.54, 1.807) is 6.20 Å². The van der Waals surface area contributed by atoms with E-state index in [4.69, 9.17) is 5.73 Å². The van der Waals surface area contributed by atoms with Crippen molar-refractivity contribution in [2.24, 2.45) is 0 Å². The van der Waals surface area contributed by atoms with Crippen LogP contribution in [0.1, 0.15) is 6.42 Å². The first-order valence-electron chi connectivity index (χ1n) is 7.47. The second-order valence-electron chi connectivity index (χ2n) is 5.63. The molecular formula is C16H18N6. The molecule has 0 spiro atoms. The van der Waals surface area contributed by atoms with Crippen LogP contribution in [0.3, 0.4) is 0 Å². The summed E-state index contributed by atoms with van der Waals surface area (Å²) >= 11 is 0. The number of rotatable bonds is 3. The van der Waals surface area contributed by atoms with Crippen molar-refractivity contribution in [2.75, 3.05) is 24.1 Å². The maximum atomic E-state index is 5.98. The van der Waals surface area contributed by atoms with Crippen molar-refractivity contribution in [3.63, 3.8) is 0 Å². The fourth-order valence-corrected chi connectivity index (χ4v) is 2.95. The molecule has 0 amide bonds. The zero-order valence-corrected chi connectivity index (χ0v) is 12.1. The molecule has 0 bridgehead atoms. The minimum Gasteiger partial charge on any atom is -0.384 e. The standard InChI is InChI=1S/C16H18N6/c17-16-8-15(20-11-3-5-18-9-11)12-2-1-10(7-14(12)21-16)13-4-6-19-22-13/h1-2,4,6-8,11,18H,3,5,9H2,(H,19,22)(H3,17,20,21)/t11-/m0/s1. The van der Waals surface area contributed by atoms with Crippen LogP contribution in [0.15, 0.2) is 36.5 Å². The highest BCUT2D eigenvalue weighted by Gasteiger charge is 2.16. The van der Waals surface area contributed by atoms with Gasteiger partial charge in [-0.3, -0.25) is 5.10 Å². The fraction of sp³-hybridized carbons (Fsp3) is 0.250. The topological polar surface area (TPSA) is 91.6 Å². The van der Waals surface area contributed by atoms with E-state index in [0.29, 0.717) is 11.9 Å². The third-order valence-corrected chi connectivity index (χ3v) is 4.06. The predicted molar refractivity (Wildman–Crippen MR) is 88.6 cm³/mol. The lowest BCUT2D eigenvalue weighted by Gasteiger charge is -2.16. The van der Waals surface area contributed by atoms with Gasteiger partial charge in [0.15, 0.2) is 0 Å². The van der Waals surface area contributed by atoms with Crippen molar-refractivity contribution in [1.29, 1.82) is 0 Å². The number of aromatic amines is 1. The van der Waals surface area contributed by atoms with Gasteiger partial charge in [0.1, 0.15) is 5.82 Å². The Morgan fingerprint density at radius 1 is 1.23 bits per heavy atom. The van der Waals surface area contributed by atoms with Gasteiger partial charge in [0.05, 0.1) is 11.2 Å². The van der Waals surface area contributed by atoms with Crippen molar-refractivity contribution in [3.05, 3.63) is 36.5 Å². The van der Waals surface area contributed by atoms with E-state index in [0.717, 1.165) is 47.4 Å². The normalized spacial score (nSPS) is 17.9. The molecule has 6 nitrogen and oxygen atoms in total. The van der Waals surface area contributed by atoms with Gasteiger partial charge in [0.2, 0.25) is 0 Å². The lowest BCUT2D eigenvalue weighted by Crippen LogP contribution is -2.22. The number of nitrogens with two attached hydrogens (primary N) is 1. The van der Waals surface area contributed by atoms with Crippen LogP contribution in [0.4, 0.5) is 11.5 Å². The zero-order chi connectivity index (χ0) is 14.9. The third-order valence-electron chi connectivity index (χ3n) is 4.06. The molecule has 2 aromatic heterocycles. The van der Waals surface area contributed by atoms with Crippen molar-refractivity contribution >= 4 is 22.4 Å². The van der Waals surface area contributed by atoms with E-state index in [9.17, 15) is 0 Å². The van der Waals surface area contributed by atoms with Crippen LogP contribution < -0.4 is 16.4 Å². The van der Waals surface area contributed by atoms with Gasteiger partial charge in [0.25, 0.3) is 0 Å². The summed E-state index contributed by atoms with van der Waals surface area (Å²) in [6.07, 6.45) is 2.86. The Hall–Kier alpha value is -2.60. The van der Waals surface area contributed by atoms with Crippen LogP contribution in [0.25, 0.3) is 22.2 Å². The third kappa shape index (κ3) is 2.37. The molecule has 5 N–H and O–H groups in total. The molecule has 3 heterocycles. The number of fused-ring (bicyclic) bond motifs is 1. The van der Waals surface area contributed by atoms with Crippen LogP contribution >= 0.6 is 0 Å². The lowest BCUT2D eigenvalue weighted by molar-refractivity contribution is 0.794.